The molecule has 2 aliphatic heterocycles. The van der Waals surface area contributed by atoms with Gasteiger partial charge in [-0.05, 0) is 29.3 Å². The third-order valence-electron chi connectivity index (χ3n) is 4.10. The highest BCUT2D eigenvalue weighted by atomic mass is 32.2. The molecule has 27 heavy (non-hydrogen) atoms. The van der Waals surface area contributed by atoms with Gasteiger partial charge in [0.1, 0.15) is 4.32 Å². The summed E-state index contributed by atoms with van der Waals surface area (Å²) in [5, 5.41) is 2.52. The molecule has 0 radical (unpaired) electrons. The lowest BCUT2D eigenvalue weighted by molar-refractivity contribution is -0.121. The van der Waals surface area contributed by atoms with Crippen LogP contribution in [0.3, 0.4) is 0 Å². The quantitative estimate of drug-likeness (QED) is 0.633. The summed E-state index contributed by atoms with van der Waals surface area (Å²) in [6.45, 7) is 0.0819. The Bertz CT molecular complexity index is 992. The van der Waals surface area contributed by atoms with E-state index in [0.717, 1.165) is 17.3 Å². The largest absolute Gasteiger partial charge is 0.478 e. The van der Waals surface area contributed by atoms with E-state index in [0.29, 0.717) is 27.0 Å². The van der Waals surface area contributed by atoms with Gasteiger partial charge in [-0.3, -0.25) is 9.59 Å². The second-order valence-corrected chi connectivity index (χ2v) is 7.68. The monoisotopic (exact) mass is 400 g/mol. The van der Waals surface area contributed by atoms with Gasteiger partial charge in [0.25, 0.3) is 11.8 Å². The van der Waals surface area contributed by atoms with E-state index >= 15 is 0 Å². The number of ether oxygens (including phenoxy) is 1. The van der Waals surface area contributed by atoms with Crippen molar-refractivity contribution in [3.63, 3.8) is 0 Å². The number of benzene rings is 2. The van der Waals surface area contributed by atoms with Crippen LogP contribution in [0.4, 0.5) is 10.1 Å². The van der Waals surface area contributed by atoms with E-state index in [1.165, 1.54) is 11.0 Å². The Labute approximate surface area is 164 Å². The second kappa shape index (κ2) is 7.13. The molecule has 136 valence electrons. The fraction of sp³-hybridized carbons (Fsp3) is 0.105. The molecule has 2 aromatic rings. The van der Waals surface area contributed by atoms with Crippen LogP contribution in [-0.4, -0.2) is 22.7 Å². The van der Waals surface area contributed by atoms with Crippen molar-refractivity contribution in [2.45, 2.75) is 6.54 Å². The standard InChI is InChI=1S/C19H13FN2O3S2/c20-13-6-12(8-15-18(24)21-19(26)27-15)7-14-17(13)25-10-16(23)22(14)9-11-4-2-1-3-5-11/h1-8H,9-10H2,(H,21,24,26)/b15-8+. The number of nitrogens with one attached hydrogen (secondary N) is 1. The lowest BCUT2D eigenvalue weighted by atomic mass is 10.1. The van der Waals surface area contributed by atoms with Crippen molar-refractivity contribution in [1.82, 2.24) is 5.32 Å². The van der Waals surface area contributed by atoms with Crippen LogP contribution in [0.1, 0.15) is 11.1 Å². The molecule has 0 spiro atoms. The predicted molar refractivity (Wildman–Crippen MR) is 106 cm³/mol. The van der Waals surface area contributed by atoms with Crippen molar-refractivity contribution in [1.29, 1.82) is 0 Å². The molecular formula is C19H13FN2O3S2. The summed E-state index contributed by atoms with van der Waals surface area (Å²) in [6.07, 6.45) is 1.54. The number of thiocarbonyl (C=S) groups is 1. The molecule has 8 heteroatoms. The Morgan fingerprint density at radius 3 is 2.74 bits per heavy atom. The van der Waals surface area contributed by atoms with Crippen molar-refractivity contribution >= 4 is 51.9 Å². The number of carbonyl (C=O) groups is 2. The van der Waals surface area contributed by atoms with Crippen molar-refractivity contribution < 1.29 is 18.7 Å². The van der Waals surface area contributed by atoms with Crippen LogP contribution in [0.5, 0.6) is 5.75 Å². The highest BCUT2D eigenvalue weighted by Crippen LogP contribution is 2.38. The van der Waals surface area contributed by atoms with Gasteiger partial charge in [-0.25, -0.2) is 4.39 Å². The van der Waals surface area contributed by atoms with E-state index in [2.05, 4.69) is 5.32 Å². The average Bonchev–Trinajstić information content (AvgIpc) is 2.95. The maximum atomic E-state index is 14.6. The van der Waals surface area contributed by atoms with Gasteiger partial charge in [-0.2, -0.15) is 0 Å². The van der Waals surface area contributed by atoms with Gasteiger partial charge < -0.3 is 15.0 Å². The molecule has 1 saturated heterocycles. The summed E-state index contributed by atoms with van der Waals surface area (Å²) in [7, 11) is 0. The number of hydrogen-bond acceptors (Lipinski definition) is 5. The Kier molecular flexibility index (Phi) is 4.67. The minimum absolute atomic E-state index is 0.0340. The van der Waals surface area contributed by atoms with E-state index in [-0.39, 0.29) is 24.2 Å². The topological polar surface area (TPSA) is 58.6 Å². The van der Waals surface area contributed by atoms with Crippen molar-refractivity contribution in [3.05, 3.63) is 64.3 Å². The van der Waals surface area contributed by atoms with E-state index in [1.54, 1.807) is 12.1 Å². The summed E-state index contributed by atoms with van der Waals surface area (Å²) >= 11 is 6.08. The van der Waals surface area contributed by atoms with Crippen molar-refractivity contribution in [2.75, 3.05) is 11.5 Å². The number of amides is 2. The third-order valence-corrected chi connectivity index (χ3v) is 5.26. The summed E-state index contributed by atoms with van der Waals surface area (Å²) in [5.41, 5.74) is 1.71. The first-order valence-electron chi connectivity index (χ1n) is 8.07. The zero-order valence-corrected chi connectivity index (χ0v) is 15.5. The van der Waals surface area contributed by atoms with Crippen LogP contribution < -0.4 is 15.0 Å². The maximum absolute atomic E-state index is 14.6. The molecule has 0 bridgehead atoms. The number of anilines is 1. The first kappa shape index (κ1) is 17.7. The molecule has 0 atom stereocenters. The van der Waals surface area contributed by atoms with Gasteiger partial charge >= 0.3 is 0 Å². The fourth-order valence-corrected chi connectivity index (χ4v) is 3.93. The molecule has 2 aromatic carbocycles. The van der Waals surface area contributed by atoms with E-state index in [1.807, 2.05) is 30.3 Å². The second-order valence-electron chi connectivity index (χ2n) is 5.96. The van der Waals surface area contributed by atoms with E-state index in [4.69, 9.17) is 17.0 Å². The number of fused-ring (bicyclic) bond motifs is 1. The number of hydrogen-bond donors (Lipinski definition) is 1. The van der Waals surface area contributed by atoms with Crippen LogP contribution in [0, 0.1) is 5.82 Å². The molecule has 0 aromatic heterocycles. The van der Waals surface area contributed by atoms with E-state index in [9.17, 15) is 14.0 Å². The molecule has 2 amide bonds. The molecule has 4 rings (SSSR count). The number of rotatable bonds is 3. The average molecular weight is 400 g/mol. The Morgan fingerprint density at radius 2 is 2.04 bits per heavy atom. The summed E-state index contributed by atoms with van der Waals surface area (Å²) < 4.78 is 20.3. The van der Waals surface area contributed by atoms with Crippen molar-refractivity contribution in [3.8, 4) is 5.75 Å². The smallest absolute Gasteiger partial charge is 0.265 e. The number of carbonyl (C=O) groups excluding carboxylic acids is 2. The van der Waals surface area contributed by atoms with E-state index < -0.39 is 5.82 Å². The Balaban J connectivity index is 1.74. The SMILES string of the molecule is O=C1NC(=S)S/C1=C/c1cc(F)c2c(c1)N(Cc1ccccc1)C(=O)CO2. The highest BCUT2D eigenvalue weighted by Gasteiger charge is 2.29. The van der Waals surface area contributed by atoms with Gasteiger partial charge in [-0.1, -0.05) is 54.3 Å². The molecular weight excluding hydrogens is 387 g/mol. The first-order chi connectivity index (χ1) is 13.0. The lowest BCUT2D eigenvalue weighted by Gasteiger charge is -2.30. The summed E-state index contributed by atoms with van der Waals surface area (Å²) in [4.78, 5) is 26.1. The molecule has 0 saturated carbocycles. The maximum Gasteiger partial charge on any atom is 0.265 e. The van der Waals surface area contributed by atoms with Crippen LogP contribution in [0.25, 0.3) is 6.08 Å². The first-order valence-corrected chi connectivity index (χ1v) is 9.29. The fourth-order valence-electron chi connectivity index (χ4n) is 2.88. The van der Waals surface area contributed by atoms with Gasteiger partial charge in [0.15, 0.2) is 18.2 Å². The number of thioether (sulfide) groups is 1. The molecule has 0 aliphatic carbocycles. The Hall–Kier alpha value is -2.71. The highest BCUT2D eigenvalue weighted by molar-refractivity contribution is 8.26. The predicted octanol–water partition coefficient (Wildman–Crippen LogP) is 3.24. The van der Waals surface area contributed by atoms with Crippen LogP contribution in [0.15, 0.2) is 47.4 Å². The van der Waals surface area contributed by atoms with Gasteiger partial charge in [0.05, 0.1) is 17.1 Å². The van der Waals surface area contributed by atoms with Gasteiger partial charge in [-0.15, -0.1) is 0 Å². The zero-order valence-electron chi connectivity index (χ0n) is 13.9. The molecule has 2 heterocycles. The molecule has 2 aliphatic rings. The van der Waals surface area contributed by atoms with Crippen LogP contribution >= 0.6 is 24.0 Å². The van der Waals surface area contributed by atoms with Gasteiger partial charge in [0.2, 0.25) is 0 Å². The molecule has 1 fully saturated rings. The minimum atomic E-state index is -0.587. The minimum Gasteiger partial charge on any atom is -0.478 e. The molecule has 5 nitrogen and oxygen atoms in total. The zero-order chi connectivity index (χ0) is 19.0. The van der Waals surface area contributed by atoms with Gasteiger partial charge in [0, 0.05) is 0 Å². The number of nitrogens with zero attached hydrogens (tertiary/aromatic N) is 1. The summed E-state index contributed by atoms with van der Waals surface area (Å²) in [6, 6.07) is 12.3. The van der Waals surface area contributed by atoms with Crippen LogP contribution in [-0.2, 0) is 16.1 Å². The third kappa shape index (κ3) is 3.58. The summed E-state index contributed by atoms with van der Waals surface area (Å²) in [5.74, 6) is -1.14. The molecule has 0 unspecified atom stereocenters. The van der Waals surface area contributed by atoms with Crippen LogP contribution in [0.2, 0.25) is 0 Å². The normalized spacial score (nSPS) is 17.7. The Morgan fingerprint density at radius 1 is 1.26 bits per heavy atom. The number of halogens is 1. The van der Waals surface area contributed by atoms with Crippen molar-refractivity contribution in [2.24, 2.45) is 0 Å². The lowest BCUT2D eigenvalue weighted by Crippen LogP contribution is -2.38. The molecule has 1 N–H and O–H groups in total.